The maximum Gasteiger partial charge on any atom is 0.123 e. The Kier molecular flexibility index (Phi) is 2.98. The van der Waals surface area contributed by atoms with Gasteiger partial charge in [-0.3, -0.25) is 0 Å². The third-order valence-electron chi connectivity index (χ3n) is 4.77. The minimum atomic E-state index is 0.103. The second-order valence-electron chi connectivity index (χ2n) is 5.80. The van der Waals surface area contributed by atoms with Gasteiger partial charge in [0.15, 0.2) is 0 Å². The van der Waals surface area contributed by atoms with Crippen LogP contribution in [0.2, 0.25) is 0 Å². The summed E-state index contributed by atoms with van der Waals surface area (Å²) >= 11 is 6.45. The quantitative estimate of drug-likeness (QED) is 0.725. The summed E-state index contributed by atoms with van der Waals surface area (Å²) in [5, 5.41) is 12.4. The Morgan fingerprint density at radius 3 is 2.42 bits per heavy atom. The predicted molar refractivity (Wildman–Crippen MR) is 81.2 cm³/mol. The van der Waals surface area contributed by atoms with E-state index in [9.17, 15) is 5.11 Å². The van der Waals surface area contributed by atoms with Crippen LogP contribution in [0.15, 0.2) is 30.3 Å². The monoisotopic (exact) mass is 274 g/mol. The Labute approximate surface area is 119 Å². The van der Waals surface area contributed by atoms with Crippen molar-refractivity contribution in [3.63, 3.8) is 0 Å². The second-order valence-corrected chi connectivity index (χ2v) is 6.48. The van der Waals surface area contributed by atoms with Crippen LogP contribution in [-0.4, -0.2) is 10.5 Å². The average Bonchev–Trinajstić information content (AvgIpc) is 2.64. The summed E-state index contributed by atoms with van der Waals surface area (Å²) in [5.74, 6) is 1.69. The van der Waals surface area contributed by atoms with Crippen LogP contribution in [0.1, 0.15) is 43.7 Å². The lowest BCUT2D eigenvalue weighted by Gasteiger charge is -2.22. The van der Waals surface area contributed by atoms with E-state index >= 15 is 0 Å². The number of fused-ring (bicyclic) bond motifs is 3. The summed E-state index contributed by atoms with van der Waals surface area (Å²) in [5.41, 5.74) is 2.61. The largest absolute Gasteiger partial charge is 0.507 e. The lowest BCUT2D eigenvalue weighted by Crippen LogP contribution is -2.14. The van der Waals surface area contributed by atoms with Gasteiger partial charge in [0.05, 0.1) is 0 Å². The number of phenolic OH excluding ortho intramolecular Hbond substituents is 1. The standard InChI is InChI=1S/C17H19ClO/c1-9-10(2)16(11(3)18)17-13-7-5-4-6-12(13)15(19)8-14(9)17/h4-11,16,19H,1-3H3. The number of aromatic hydroxyl groups is 1. The molecule has 0 bridgehead atoms. The van der Waals surface area contributed by atoms with Gasteiger partial charge in [-0.2, -0.15) is 0 Å². The first-order valence-corrected chi connectivity index (χ1v) is 7.34. The van der Waals surface area contributed by atoms with Crippen LogP contribution >= 0.6 is 11.6 Å². The van der Waals surface area contributed by atoms with E-state index in [2.05, 4.69) is 26.8 Å². The topological polar surface area (TPSA) is 20.2 Å². The predicted octanol–water partition coefficient (Wildman–Crippen LogP) is 5.01. The fraction of sp³-hybridized carbons (Fsp3) is 0.412. The Morgan fingerprint density at radius 1 is 1.16 bits per heavy atom. The maximum absolute atomic E-state index is 10.2. The van der Waals surface area contributed by atoms with Crippen LogP contribution in [0.4, 0.5) is 0 Å². The summed E-state index contributed by atoms with van der Waals surface area (Å²) < 4.78 is 0. The van der Waals surface area contributed by atoms with Crippen molar-refractivity contribution in [1.82, 2.24) is 0 Å². The van der Waals surface area contributed by atoms with Gasteiger partial charge in [0, 0.05) is 16.7 Å². The SMILES string of the molecule is CC(Cl)C1c2c(cc(O)c3ccccc23)C(C)C1C. The molecular formula is C17H19ClO. The molecule has 0 saturated carbocycles. The molecule has 3 rings (SSSR count). The minimum Gasteiger partial charge on any atom is -0.507 e. The zero-order valence-corrected chi connectivity index (χ0v) is 12.3. The summed E-state index contributed by atoms with van der Waals surface area (Å²) in [7, 11) is 0. The first-order chi connectivity index (χ1) is 9.02. The molecule has 100 valence electrons. The van der Waals surface area contributed by atoms with Crippen LogP contribution in [0.25, 0.3) is 10.8 Å². The molecule has 0 aromatic heterocycles. The van der Waals surface area contributed by atoms with E-state index in [1.807, 2.05) is 24.3 Å². The van der Waals surface area contributed by atoms with Crippen LogP contribution in [0.5, 0.6) is 5.75 Å². The van der Waals surface area contributed by atoms with Crippen LogP contribution in [0, 0.1) is 5.92 Å². The smallest absolute Gasteiger partial charge is 0.123 e. The van der Waals surface area contributed by atoms with E-state index in [-0.39, 0.29) is 5.38 Å². The lowest BCUT2D eigenvalue weighted by molar-refractivity contribution is 0.436. The number of hydrogen-bond acceptors (Lipinski definition) is 1. The van der Waals surface area contributed by atoms with Crippen LogP contribution in [-0.2, 0) is 0 Å². The van der Waals surface area contributed by atoms with Gasteiger partial charge >= 0.3 is 0 Å². The van der Waals surface area contributed by atoms with Crippen LogP contribution < -0.4 is 0 Å². The van der Waals surface area contributed by atoms with E-state index < -0.39 is 0 Å². The molecule has 2 aromatic carbocycles. The van der Waals surface area contributed by atoms with Crippen molar-refractivity contribution in [1.29, 1.82) is 0 Å². The van der Waals surface area contributed by atoms with Gasteiger partial charge in [-0.05, 0) is 41.3 Å². The Morgan fingerprint density at radius 2 is 1.79 bits per heavy atom. The molecule has 1 N–H and O–H groups in total. The molecule has 19 heavy (non-hydrogen) atoms. The molecule has 1 aliphatic rings. The number of alkyl halides is 1. The molecule has 0 saturated heterocycles. The van der Waals surface area contributed by atoms with Crippen molar-refractivity contribution in [2.45, 2.75) is 38.0 Å². The second kappa shape index (κ2) is 4.42. The van der Waals surface area contributed by atoms with Gasteiger partial charge < -0.3 is 5.11 Å². The van der Waals surface area contributed by atoms with Crippen molar-refractivity contribution >= 4 is 22.4 Å². The maximum atomic E-state index is 10.2. The third kappa shape index (κ3) is 1.75. The number of benzene rings is 2. The summed E-state index contributed by atoms with van der Waals surface area (Å²) in [4.78, 5) is 0. The first-order valence-electron chi connectivity index (χ1n) is 6.91. The van der Waals surface area contributed by atoms with Gasteiger partial charge in [-0.1, -0.05) is 38.1 Å². The molecule has 4 unspecified atom stereocenters. The molecule has 0 radical (unpaired) electrons. The fourth-order valence-electron chi connectivity index (χ4n) is 3.65. The van der Waals surface area contributed by atoms with Crippen LogP contribution in [0.3, 0.4) is 0 Å². The Hall–Kier alpha value is -1.21. The number of hydrogen-bond donors (Lipinski definition) is 1. The summed E-state index contributed by atoms with van der Waals surface area (Å²) in [6, 6.07) is 10.0. The number of phenols is 1. The average molecular weight is 275 g/mol. The number of halogens is 1. The van der Waals surface area contributed by atoms with Crippen molar-refractivity contribution in [3.05, 3.63) is 41.5 Å². The van der Waals surface area contributed by atoms with Gasteiger partial charge in [0.25, 0.3) is 0 Å². The highest BCUT2D eigenvalue weighted by Gasteiger charge is 2.39. The highest BCUT2D eigenvalue weighted by Crippen LogP contribution is 2.52. The molecule has 0 fully saturated rings. The zero-order chi connectivity index (χ0) is 13.7. The zero-order valence-electron chi connectivity index (χ0n) is 11.5. The lowest BCUT2D eigenvalue weighted by atomic mass is 9.86. The van der Waals surface area contributed by atoms with E-state index in [4.69, 9.17) is 11.6 Å². The molecule has 0 spiro atoms. The molecule has 0 amide bonds. The molecule has 2 heteroatoms. The van der Waals surface area contributed by atoms with E-state index in [1.165, 1.54) is 11.1 Å². The molecule has 4 atom stereocenters. The normalized spacial score (nSPS) is 27.5. The van der Waals surface area contributed by atoms with Crippen molar-refractivity contribution in [3.8, 4) is 5.75 Å². The molecular weight excluding hydrogens is 256 g/mol. The van der Waals surface area contributed by atoms with Gasteiger partial charge in [0.1, 0.15) is 5.75 Å². The highest BCUT2D eigenvalue weighted by molar-refractivity contribution is 6.21. The van der Waals surface area contributed by atoms with E-state index in [0.717, 1.165) is 10.8 Å². The summed E-state index contributed by atoms with van der Waals surface area (Å²) in [6.07, 6.45) is 0. The molecule has 0 aliphatic heterocycles. The van der Waals surface area contributed by atoms with Crippen molar-refractivity contribution in [2.75, 3.05) is 0 Å². The Balaban J connectivity index is 2.37. The van der Waals surface area contributed by atoms with Gasteiger partial charge in [0.2, 0.25) is 0 Å². The number of rotatable bonds is 1. The molecule has 0 heterocycles. The molecule has 1 nitrogen and oxygen atoms in total. The minimum absolute atomic E-state index is 0.103. The highest BCUT2D eigenvalue weighted by atomic mass is 35.5. The summed E-state index contributed by atoms with van der Waals surface area (Å²) in [6.45, 7) is 6.57. The fourth-order valence-corrected chi connectivity index (χ4v) is 4.01. The van der Waals surface area contributed by atoms with E-state index in [1.54, 1.807) is 0 Å². The Bertz CT molecular complexity index is 632. The first kappa shape index (κ1) is 12.8. The molecule has 2 aromatic rings. The van der Waals surface area contributed by atoms with Crippen molar-refractivity contribution in [2.24, 2.45) is 5.92 Å². The van der Waals surface area contributed by atoms with Gasteiger partial charge in [-0.25, -0.2) is 0 Å². The van der Waals surface area contributed by atoms with Gasteiger partial charge in [-0.15, -0.1) is 11.6 Å². The molecule has 1 aliphatic carbocycles. The van der Waals surface area contributed by atoms with E-state index in [0.29, 0.717) is 23.5 Å². The van der Waals surface area contributed by atoms with Crippen molar-refractivity contribution < 1.29 is 5.11 Å². The third-order valence-corrected chi connectivity index (χ3v) is 5.04.